The summed E-state index contributed by atoms with van der Waals surface area (Å²) in [5.41, 5.74) is 0.708. The molecule has 2 atom stereocenters. The highest BCUT2D eigenvalue weighted by Crippen LogP contribution is 2.52. The Kier molecular flexibility index (Phi) is 2.74. The van der Waals surface area contributed by atoms with Gasteiger partial charge >= 0.3 is 0 Å². The molecule has 0 spiro atoms. The van der Waals surface area contributed by atoms with E-state index in [4.69, 9.17) is 9.47 Å². The first-order valence-corrected chi connectivity index (χ1v) is 6.73. The summed E-state index contributed by atoms with van der Waals surface area (Å²) in [6.07, 6.45) is 3.68. The van der Waals surface area contributed by atoms with Crippen molar-refractivity contribution < 1.29 is 14.6 Å². The van der Waals surface area contributed by atoms with Crippen LogP contribution in [0.15, 0.2) is 18.2 Å². The lowest BCUT2D eigenvalue weighted by Crippen LogP contribution is -2.42. The summed E-state index contributed by atoms with van der Waals surface area (Å²) in [5.74, 6) is 2.21. The van der Waals surface area contributed by atoms with E-state index in [1.54, 1.807) is 7.11 Å². The molecule has 1 N–H and O–H groups in total. The number of hydrogen-bond donors (Lipinski definition) is 1. The fourth-order valence-corrected chi connectivity index (χ4v) is 3.07. The van der Waals surface area contributed by atoms with Gasteiger partial charge in [-0.3, -0.25) is 0 Å². The fraction of sp³-hybridized carbons (Fsp3) is 0.600. The van der Waals surface area contributed by atoms with Gasteiger partial charge in [-0.2, -0.15) is 0 Å². The van der Waals surface area contributed by atoms with Crippen molar-refractivity contribution >= 4 is 0 Å². The number of fused-ring (bicyclic) bond motifs is 1. The number of aliphatic hydroxyl groups is 1. The van der Waals surface area contributed by atoms with Crippen molar-refractivity contribution in [1.82, 2.24) is 0 Å². The largest absolute Gasteiger partial charge is 0.497 e. The quantitative estimate of drug-likeness (QED) is 0.893. The van der Waals surface area contributed by atoms with Gasteiger partial charge in [0.1, 0.15) is 17.1 Å². The molecular formula is C15H20O3. The molecule has 1 aromatic carbocycles. The first kappa shape index (κ1) is 11.8. The van der Waals surface area contributed by atoms with E-state index in [0.717, 1.165) is 23.5 Å². The molecule has 1 saturated carbocycles. The summed E-state index contributed by atoms with van der Waals surface area (Å²) in [6, 6.07) is 5.69. The van der Waals surface area contributed by atoms with Crippen molar-refractivity contribution in [3.8, 4) is 11.5 Å². The second-order valence-corrected chi connectivity index (χ2v) is 5.42. The Morgan fingerprint density at radius 3 is 2.83 bits per heavy atom. The van der Waals surface area contributed by atoms with Gasteiger partial charge < -0.3 is 14.6 Å². The summed E-state index contributed by atoms with van der Waals surface area (Å²) in [4.78, 5) is 0. The average Bonchev–Trinajstić information content (AvgIpc) is 3.23. The first-order valence-electron chi connectivity index (χ1n) is 6.73. The number of methoxy groups -OCH3 is 1. The molecule has 0 radical (unpaired) electrons. The zero-order valence-corrected chi connectivity index (χ0v) is 11.0. The number of hydrogen-bond acceptors (Lipinski definition) is 3. The van der Waals surface area contributed by atoms with Gasteiger partial charge in [-0.15, -0.1) is 0 Å². The predicted octanol–water partition coefficient (Wildman–Crippen LogP) is 3.07. The van der Waals surface area contributed by atoms with Crippen LogP contribution in [0.25, 0.3) is 0 Å². The summed E-state index contributed by atoms with van der Waals surface area (Å²) < 4.78 is 11.4. The summed E-state index contributed by atoms with van der Waals surface area (Å²) >= 11 is 0. The van der Waals surface area contributed by atoms with E-state index >= 15 is 0 Å². The Morgan fingerprint density at radius 2 is 2.22 bits per heavy atom. The minimum absolute atomic E-state index is 0.152. The normalized spacial score (nSPS) is 30.5. The van der Waals surface area contributed by atoms with Crippen LogP contribution in [-0.4, -0.2) is 17.8 Å². The molecule has 0 bridgehead atoms. The minimum atomic E-state index is -0.440. The third kappa shape index (κ3) is 1.77. The third-order valence-corrected chi connectivity index (χ3v) is 4.35. The molecule has 0 aromatic heterocycles. The van der Waals surface area contributed by atoms with Gasteiger partial charge in [0.05, 0.1) is 13.2 Å². The van der Waals surface area contributed by atoms with Gasteiger partial charge in [0, 0.05) is 12.0 Å². The Labute approximate surface area is 108 Å². The topological polar surface area (TPSA) is 38.7 Å². The zero-order valence-electron chi connectivity index (χ0n) is 11.0. The highest BCUT2D eigenvalue weighted by atomic mass is 16.5. The van der Waals surface area contributed by atoms with Crippen molar-refractivity contribution in [2.24, 2.45) is 5.92 Å². The van der Waals surface area contributed by atoms with Crippen LogP contribution in [0.1, 0.15) is 44.3 Å². The second-order valence-electron chi connectivity index (χ2n) is 5.42. The summed E-state index contributed by atoms with van der Waals surface area (Å²) in [6.45, 7) is 2.15. The molecule has 2 aliphatic rings. The van der Waals surface area contributed by atoms with Crippen LogP contribution in [-0.2, 0) is 0 Å². The predicted molar refractivity (Wildman–Crippen MR) is 68.9 cm³/mol. The Hall–Kier alpha value is -1.22. The van der Waals surface area contributed by atoms with Crippen molar-refractivity contribution in [2.45, 2.75) is 44.3 Å². The number of aliphatic hydroxyl groups excluding tert-OH is 1. The molecule has 1 heterocycles. The highest BCUT2D eigenvalue weighted by molar-refractivity contribution is 5.44. The van der Waals surface area contributed by atoms with Crippen molar-refractivity contribution in [3.63, 3.8) is 0 Å². The molecule has 3 heteroatoms. The van der Waals surface area contributed by atoms with E-state index in [2.05, 4.69) is 6.92 Å². The van der Waals surface area contributed by atoms with Crippen LogP contribution in [0.2, 0.25) is 0 Å². The third-order valence-electron chi connectivity index (χ3n) is 4.35. The fourth-order valence-electron chi connectivity index (χ4n) is 3.07. The Morgan fingerprint density at radius 1 is 1.44 bits per heavy atom. The lowest BCUT2D eigenvalue weighted by molar-refractivity contribution is -0.0328. The van der Waals surface area contributed by atoms with E-state index < -0.39 is 6.10 Å². The van der Waals surface area contributed by atoms with Crippen molar-refractivity contribution in [3.05, 3.63) is 23.8 Å². The first-order chi connectivity index (χ1) is 8.68. The Bertz CT molecular complexity index is 453. The maximum absolute atomic E-state index is 10.4. The van der Waals surface area contributed by atoms with Gasteiger partial charge in [-0.1, -0.05) is 6.92 Å². The molecule has 2 unspecified atom stereocenters. The molecule has 1 aromatic rings. The van der Waals surface area contributed by atoms with E-state index in [1.165, 1.54) is 12.8 Å². The molecule has 0 amide bonds. The van der Waals surface area contributed by atoms with Gasteiger partial charge in [-0.05, 0) is 43.4 Å². The van der Waals surface area contributed by atoms with E-state index in [0.29, 0.717) is 12.3 Å². The maximum Gasteiger partial charge on any atom is 0.126 e. The highest BCUT2D eigenvalue weighted by Gasteiger charge is 2.50. The van der Waals surface area contributed by atoms with E-state index in [1.807, 2.05) is 18.2 Å². The van der Waals surface area contributed by atoms with Gasteiger partial charge in [-0.25, -0.2) is 0 Å². The lowest BCUT2D eigenvalue weighted by atomic mass is 9.83. The van der Waals surface area contributed by atoms with Crippen molar-refractivity contribution in [1.29, 1.82) is 0 Å². The van der Waals surface area contributed by atoms with Gasteiger partial charge in [0.2, 0.25) is 0 Å². The van der Waals surface area contributed by atoms with Crippen molar-refractivity contribution in [2.75, 3.05) is 7.11 Å². The molecule has 3 rings (SSSR count). The standard InChI is InChI=1S/C15H20O3/c1-3-15(10-4-5-10)9-13(16)12-8-11(17-2)6-7-14(12)18-15/h6-8,10,13,16H,3-5,9H2,1-2H3. The summed E-state index contributed by atoms with van der Waals surface area (Å²) in [5, 5.41) is 10.4. The number of ether oxygens (including phenoxy) is 2. The van der Waals surface area contributed by atoms with Crippen LogP contribution < -0.4 is 9.47 Å². The molecular weight excluding hydrogens is 228 g/mol. The average molecular weight is 248 g/mol. The second kappa shape index (κ2) is 4.16. The number of rotatable bonds is 3. The zero-order chi connectivity index (χ0) is 12.8. The molecule has 3 nitrogen and oxygen atoms in total. The molecule has 18 heavy (non-hydrogen) atoms. The van der Waals surface area contributed by atoms with Crippen LogP contribution in [0, 0.1) is 5.92 Å². The Balaban J connectivity index is 1.96. The monoisotopic (exact) mass is 248 g/mol. The molecule has 1 aliphatic heterocycles. The van der Waals surface area contributed by atoms with Crippen LogP contribution in [0.3, 0.4) is 0 Å². The van der Waals surface area contributed by atoms with E-state index in [9.17, 15) is 5.11 Å². The lowest BCUT2D eigenvalue weighted by Gasteiger charge is -2.41. The van der Waals surface area contributed by atoms with Crippen LogP contribution in [0.4, 0.5) is 0 Å². The molecule has 1 fully saturated rings. The SMILES string of the molecule is CCC1(C2CC2)CC(O)c2cc(OC)ccc2O1. The van der Waals surface area contributed by atoms with Gasteiger partial charge in [0.25, 0.3) is 0 Å². The molecule has 98 valence electrons. The molecule has 0 saturated heterocycles. The number of benzene rings is 1. The smallest absolute Gasteiger partial charge is 0.126 e. The van der Waals surface area contributed by atoms with Gasteiger partial charge in [0.15, 0.2) is 0 Å². The summed E-state index contributed by atoms with van der Waals surface area (Å²) in [7, 11) is 1.64. The van der Waals surface area contributed by atoms with Crippen LogP contribution in [0.5, 0.6) is 11.5 Å². The van der Waals surface area contributed by atoms with Crippen LogP contribution >= 0.6 is 0 Å². The maximum atomic E-state index is 10.4. The minimum Gasteiger partial charge on any atom is -0.497 e. The van der Waals surface area contributed by atoms with E-state index in [-0.39, 0.29) is 5.60 Å². The molecule has 1 aliphatic carbocycles.